The maximum Gasteiger partial charge on any atom is 0.253 e. The molecule has 0 bridgehead atoms. The van der Waals surface area contributed by atoms with Crippen molar-refractivity contribution in [3.63, 3.8) is 0 Å². The predicted molar refractivity (Wildman–Crippen MR) is 99.1 cm³/mol. The van der Waals surface area contributed by atoms with Crippen LogP contribution < -0.4 is 10.2 Å². The van der Waals surface area contributed by atoms with E-state index in [1.165, 1.54) is 5.56 Å². The average molecular weight is 336 g/mol. The van der Waals surface area contributed by atoms with E-state index in [1.54, 1.807) is 0 Å². The molecule has 2 atom stereocenters. The van der Waals surface area contributed by atoms with E-state index in [0.29, 0.717) is 11.8 Å². The van der Waals surface area contributed by atoms with E-state index in [-0.39, 0.29) is 5.91 Å². The smallest absolute Gasteiger partial charge is 0.253 e. The van der Waals surface area contributed by atoms with E-state index >= 15 is 0 Å². The normalized spacial score (nSPS) is 22.5. The number of benzene rings is 2. The van der Waals surface area contributed by atoms with Gasteiger partial charge in [-0.25, -0.2) is 0 Å². The minimum Gasteiger partial charge on any atom is -0.378 e. The van der Waals surface area contributed by atoms with Gasteiger partial charge in [0.1, 0.15) is 0 Å². The zero-order valence-electron chi connectivity index (χ0n) is 14.4. The molecule has 25 heavy (non-hydrogen) atoms. The van der Waals surface area contributed by atoms with Gasteiger partial charge in [-0.1, -0.05) is 42.5 Å². The van der Waals surface area contributed by atoms with E-state index in [0.717, 1.165) is 50.5 Å². The number of amides is 1. The second-order valence-corrected chi connectivity index (χ2v) is 6.84. The van der Waals surface area contributed by atoms with E-state index in [2.05, 4.69) is 34.5 Å². The fraction of sp³-hybridized carbons (Fsp3) is 0.381. The Bertz CT molecular complexity index is 726. The van der Waals surface area contributed by atoms with Crippen molar-refractivity contribution in [1.29, 1.82) is 0 Å². The molecule has 1 N–H and O–H groups in total. The highest BCUT2D eigenvalue weighted by Gasteiger charge is 2.38. The molecular weight excluding hydrogens is 312 g/mol. The molecule has 4 nitrogen and oxygen atoms in total. The summed E-state index contributed by atoms with van der Waals surface area (Å²) in [6, 6.07) is 18.5. The highest BCUT2D eigenvalue weighted by molar-refractivity contribution is 5.99. The number of ether oxygens (including phenoxy) is 1. The monoisotopic (exact) mass is 336 g/mol. The van der Waals surface area contributed by atoms with Gasteiger partial charge < -0.3 is 15.0 Å². The lowest BCUT2D eigenvalue weighted by atomic mass is 10.1. The van der Waals surface area contributed by atoms with Crippen molar-refractivity contribution in [2.45, 2.75) is 12.3 Å². The van der Waals surface area contributed by atoms with E-state index in [9.17, 15) is 4.79 Å². The molecule has 1 aliphatic carbocycles. The third-order valence-electron chi connectivity index (χ3n) is 5.18. The molecular formula is C21H24N2O2. The first kappa shape index (κ1) is 16.2. The number of para-hydroxylation sites is 1. The topological polar surface area (TPSA) is 41.6 Å². The van der Waals surface area contributed by atoms with Crippen molar-refractivity contribution in [3.05, 3.63) is 65.7 Å². The lowest BCUT2D eigenvalue weighted by molar-refractivity contribution is 0.0950. The maximum atomic E-state index is 12.7. The van der Waals surface area contributed by atoms with Crippen LogP contribution in [0.1, 0.15) is 28.3 Å². The van der Waals surface area contributed by atoms with E-state index < -0.39 is 0 Å². The summed E-state index contributed by atoms with van der Waals surface area (Å²) in [7, 11) is 0. The quantitative estimate of drug-likeness (QED) is 0.912. The van der Waals surface area contributed by atoms with Gasteiger partial charge in [0.05, 0.1) is 18.8 Å². The molecule has 1 saturated carbocycles. The third-order valence-corrected chi connectivity index (χ3v) is 5.18. The van der Waals surface area contributed by atoms with Gasteiger partial charge in [-0.2, -0.15) is 0 Å². The molecule has 0 aromatic heterocycles. The molecule has 0 unspecified atom stereocenters. The van der Waals surface area contributed by atoms with Crippen molar-refractivity contribution in [1.82, 2.24) is 5.32 Å². The Balaban J connectivity index is 1.37. The first-order chi connectivity index (χ1) is 12.3. The molecule has 1 heterocycles. The molecule has 4 rings (SSSR count). The molecule has 2 fully saturated rings. The molecule has 0 radical (unpaired) electrons. The summed E-state index contributed by atoms with van der Waals surface area (Å²) < 4.78 is 5.42. The molecule has 0 spiro atoms. The Morgan fingerprint density at radius 1 is 1.04 bits per heavy atom. The average Bonchev–Trinajstić information content (AvgIpc) is 3.47. The highest BCUT2D eigenvalue weighted by atomic mass is 16.5. The number of hydrogen-bond acceptors (Lipinski definition) is 3. The van der Waals surface area contributed by atoms with E-state index in [4.69, 9.17) is 4.74 Å². The second kappa shape index (κ2) is 7.28. The van der Waals surface area contributed by atoms with E-state index in [1.807, 2.05) is 30.3 Å². The Morgan fingerprint density at radius 2 is 1.76 bits per heavy atom. The van der Waals surface area contributed by atoms with Gasteiger partial charge in [-0.05, 0) is 36.0 Å². The Labute approximate surface area is 148 Å². The number of nitrogens with one attached hydrogen (secondary N) is 1. The fourth-order valence-electron chi connectivity index (χ4n) is 3.65. The van der Waals surface area contributed by atoms with Crippen LogP contribution in [0.2, 0.25) is 0 Å². The Morgan fingerprint density at radius 3 is 2.56 bits per heavy atom. The van der Waals surface area contributed by atoms with Gasteiger partial charge in [0.15, 0.2) is 0 Å². The number of nitrogens with zero attached hydrogens (tertiary/aromatic N) is 1. The van der Waals surface area contributed by atoms with Crippen molar-refractivity contribution in [2.75, 3.05) is 37.7 Å². The van der Waals surface area contributed by atoms with Gasteiger partial charge in [0.2, 0.25) is 0 Å². The van der Waals surface area contributed by atoms with Crippen LogP contribution in [0.15, 0.2) is 54.6 Å². The summed E-state index contributed by atoms with van der Waals surface area (Å²) >= 11 is 0. The number of rotatable bonds is 5. The Kier molecular flexibility index (Phi) is 4.70. The molecule has 2 aromatic rings. The molecule has 2 aromatic carbocycles. The predicted octanol–water partition coefficient (Wildman–Crippen LogP) is 3.06. The van der Waals surface area contributed by atoms with Gasteiger partial charge in [0.25, 0.3) is 5.91 Å². The number of hydrogen-bond donors (Lipinski definition) is 1. The summed E-state index contributed by atoms with van der Waals surface area (Å²) in [4.78, 5) is 15.0. The summed E-state index contributed by atoms with van der Waals surface area (Å²) in [5.74, 6) is 1.18. The van der Waals surface area contributed by atoms with Crippen molar-refractivity contribution >= 4 is 11.6 Å². The zero-order valence-corrected chi connectivity index (χ0v) is 14.4. The molecule has 1 saturated heterocycles. The van der Waals surface area contributed by atoms with Crippen LogP contribution in [0.4, 0.5) is 5.69 Å². The number of anilines is 1. The van der Waals surface area contributed by atoms with Crippen LogP contribution in [0.3, 0.4) is 0 Å². The van der Waals surface area contributed by atoms with Crippen LogP contribution in [-0.4, -0.2) is 38.8 Å². The standard InChI is InChI=1S/C21H24N2O2/c24-21(22-15-17-14-19(17)16-6-2-1-3-7-16)18-8-4-5-9-20(18)23-10-12-25-13-11-23/h1-9,17,19H,10-15H2,(H,22,24)/t17-,19-/m1/s1. The van der Waals surface area contributed by atoms with Gasteiger partial charge in [-0.15, -0.1) is 0 Å². The lowest BCUT2D eigenvalue weighted by Crippen LogP contribution is -2.38. The number of morpholine rings is 1. The molecule has 130 valence electrons. The number of carbonyl (C=O) groups is 1. The van der Waals surface area contributed by atoms with Crippen LogP contribution in [0.5, 0.6) is 0 Å². The van der Waals surface area contributed by atoms with Crippen LogP contribution in [0.25, 0.3) is 0 Å². The summed E-state index contributed by atoms with van der Waals surface area (Å²) in [6.45, 7) is 3.86. The fourth-order valence-corrected chi connectivity index (χ4v) is 3.65. The largest absolute Gasteiger partial charge is 0.378 e. The Hall–Kier alpha value is -2.33. The summed E-state index contributed by atoms with van der Waals surface area (Å²) in [6.07, 6.45) is 1.16. The summed E-state index contributed by atoms with van der Waals surface area (Å²) in [5.41, 5.74) is 3.16. The van der Waals surface area contributed by atoms with Crippen molar-refractivity contribution in [3.8, 4) is 0 Å². The minimum absolute atomic E-state index is 0.0285. The van der Waals surface area contributed by atoms with Crippen LogP contribution >= 0.6 is 0 Å². The molecule has 2 aliphatic rings. The summed E-state index contributed by atoms with van der Waals surface area (Å²) in [5, 5.41) is 3.14. The molecule has 1 amide bonds. The van der Waals surface area contributed by atoms with Crippen LogP contribution in [-0.2, 0) is 4.74 Å². The SMILES string of the molecule is O=C(NC[C@H]1C[C@@H]1c1ccccc1)c1ccccc1N1CCOCC1. The van der Waals surface area contributed by atoms with Gasteiger partial charge in [-0.3, -0.25) is 4.79 Å². The minimum atomic E-state index is 0.0285. The third kappa shape index (κ3) is 3.69. The first-order valence-electron chi connectivity index (χ1n) is 9.08. The zero-order chi connectivity index (χ0) is 17.1. The molecule has 4 heteroatoms. The second-order valence-electron chi connectivity index (χ2n) is 6.84. The van der Waals surface area contributed by atoms with Crippen molar-refractivity contribution in [2.24, 2.45) is 5.92 Å². The lowest BCUT2D eigenvalue weighted by Gasteiger charge is -2.30. The molecule has 1 aliphatic heterocycles. The van der Waals surface area contributed by atoms with Crippen molar-refractivity contribution < 1.29 is 9.53 Å². The number of carbonyl (C=O) groups excluding carboxylic acids is 1. The first-order valence-corrected chi connectivity index (χ1v) is 9.08. The van der Waals surface area contributed by atoms with Crippen LogP contribution in [0, 0.1) is 5.92 Å². The van der Waals surface area contributed by atoms with Gasteiger partial charge in [0, 0.05) is 25.3 Å². The highest BCUT2D eigenvalue weighted by Crippen LogP contribution is 2.46. The maximum absolute atomic E-state index is 12.7. The van der Waals surface area contributed by atoms with Gasteiger partial charge >= 0.3 is 0 Å².